The molecule has 0 bridgehead atoms. The molecule has 26 heavy (non-hydrogen) atoms. The standard InChI is InChI=1S/C19H19N5O2/c1-12-3-5-16(6-4-12)23-10-14(8-18(23)25)19(26)21-15-9-20-17-7-13(2)22-24(17)11-15/h3-7,9,11,14H,8,10H2,1-2H3,(H,21,26)/t14-/m1/s1. The van der Waals surface area contributed by atoms with Gasteiger partial charge in [-0.1, -0.05) is 17.7 Å². The number of rotatable bonds is 3. The minimum Gasteiger partial charge on any atom is -0.323 e. The van der Waals surface area contributed by atoms with Gasteiger partial charge in [0, 0.05) is 24.7 Å². The highest BCUT2D eigenvalue weighted by molar-refractivity contribution is 6.03. The fraction of sp³-hybridized carbons (Fsp3) is 0.263. The third-order valence-corrected chi connectivity index (χ3v) is 4.54. The van der Waals surface area contributed by atoms with E-state index in [-0.39, 0.29) is 24.2 Å². The fourth-order valence-electron chi connectivity index (χ4n) is 3.16. The van der Waals surface area contributed by atoms with Crippen molar-refractivity contribution in [3.8, 4) is 0 Å². The Labute approximate surface area is 150 Å². The second kappa shape index (κ2) is 6.25. The molecule has 1 saturated heterocycles. The van der Waals surface area contributed by atoms with Crippen molar-refractivity contribution in [2.75, 3.05) is 16.8 Å². The van der Waals surface area contributed by atoms with Crippen LogP contribution in [0.2, 0.25) is 0 Å². The predicted octanol–water partition coefficient (Wildman–Crippen LogP) is 2.34. The highest BCUT2D eigenvalue weighted by atomic mass is 16.2. The van der Waals surface area contributed by atoms with Gasteiger partial charge in [-0.05, 0) is 26.0 Å². The molecule has 7 heteroatoms. The molecule has 0 radical (unpaired) electrons. The van der Waals surface area contributed by atoms with E-state index in [0.29, 0.717) is 12.2 Å². The van der Waals surface area contributed by atoms with Crippen LogP contribution in [0, 0.1) is 19.8 Å². The summed E-state index contributed by atoms with van der Waals surface area (Å²) in [6, 6.07) is 9.60. The summed E-state index contributed by atoms with van der Waals surface area (Å²) in [5.74, 6) is -0.609. The maximum absolute atomic E-state index is 12.6. The highest BCUT2D eigenvalue weighted by Gasteiger charge is 2.35. The minimum absolute atomic E-state index is 0.0368. The van der Waals surface area contributed by atoms with Gasteiger partial charge < -0.3 is 10.2 Å². The molecule has 0 aliphatic carbocycles. The van der Waals surface area contributed by atoms with Crippen molar-refractivity contribution in [1.82, 2.24) is 14.6 Å². The number of hydrogen-bond donors (Lipinski definition) is 1. The van der Waals surface area contributed by atoms with Gasteiger partial charge in [-0.3, -0.25) is 9.59 Å². The van der Waals surface area contributed by atoms with E-state index in [1.54, 1.807) is 21.8 Å². The molecule has 7 nitrogen and oxygen atoms in total. The van der Waals surface area contributed by atoms with E-state index in [9.17, 15) is 9.59 Å². The van der Waals surface area contributed by atoms with Gasteiger partial charge in [0.2, 0.25) is 11.8 Å². The molecule has 3 aromatic rings. The third kappa shape index (κ3) is 3.03. The lowest BCUT2D eigenvalue weighted by molar-refractivity contribution is -0.122. The van der Waals surface area contributed by atoms with Crippen LogP contribution < -0.4 is 10.2 Å². The van der Waals surface area contributed by atoms with Crippen molar-refractivity contribution in [2.24, 2.45) is 5.92 Å². The van der Waals surface area contributed by atoms with Crippen LogP contribution in [0.15, 0.2) is 42.7 Å². The van der Waals surface area contributed by atoms with Crippen LogP contribution >= 0.6 is 0 Å². The Morgan fingerprint density at radius 1 is 1.23 bits per heavy atom. The number of fused-ring (bicyclic) bond motifs is 1. The highest BCUT2D eigenvalue weighted by Crippen LogP contribution is 2.26. The molecule has 132 valence electrons. The molecular formula is C19H19N5O2. The Morgan fingerprint density at radius 3 is 2.77 bits per heavy atom. The molecule has 0 spiro atoms. The Kier molecular flexibility index (Phi) is 3.91. The van der Waals surface area contributed by atoms with E-state index in [0.717, 1.165) is 22.6 Å². The molecule has 1 aliphatic heterocycles. The van der Waals surface area contributed by atoms with Crippen LogP contribution in [-0.4, -0.2) is 33.0 Å². The maximum atomic E-state index is 12.6. The molecule has 1 atom stereocenters. The molecule has 4 rings (SSSR count). The zero-order chi connectivity index (χ0) is 18.3. The number of nitrogens with zero attached hydrogens (tertiary/aromatic N) is 4. The molecule has 2 amide bonds. The first-order valence-corrected chi connectivity index (χ1v) is 8.49. The number of nitrogens with one attached hydrogen (secondary N) is 1. The van der Waals surface area contributed by atoms with Crippen LogP contribution in [0.5, 0.6) is 0 Å². The third-order valence-electron chi connectivity index (χ3n) is 4.54. The molecule has 2 aromatic heterocycles. The van der Waals surface area contributed by atoms with Crippen molar-refractivity contribution in [3.63, 3.8) is 0 Å². The number of carbonyl (C=O) groups excluding carboxylic acids is 2. The van der Waals surface area contributed by atoms with Crippen molar-refractivity contribution in [2.45, 2.75) is 20.3 Å². The van der Waals surface area contributed by atoms with Crippen molar-refractivity contribution in [1.29, 1.82) is 0 Å². The van der Waals surface area contributed by atoms with Crippen molar-refractivity contribution in [3.05, 3.63) is 54.0 Å². The molecule has 0 unspecified atom stereocenters. The molecular weight excluding hydrogens is 330 g/mol. The summed E-state index contributed by atoms with van der Waals surface area (Å²) in [6.07, 6.45) is 3.53. The fourth-order valence-corrected chi connectivity index (χ4v) is 3.16. The maximum Gasteiger partial charge on any atom is 0.229 e. The second-order valence-corrected chi connectivity index (χ2v) is 6.66. The quantitative estimate of drug-likeness (QED) is 0.787. The largest absolute Gasteiger partial charge is 0.323 e. The SMILES string of the molecule is Cc1ccc(N2C[C@H](C(=O)Nc3cnc4cc(C)nn4c3)CC2=O)cc1. The molecule has 1 N–H and O–H groups in total. The zero-order valence-corrected chi connectivity index (χ0v) is 14.6. The summed E-state index contributed by atoms with van der Waals surface area (Å²) in [5, 5.41) is 7.14. The first-order chi connectivity index (χ1) is 12.5. The Bertz CT molecular complexity index is 993. The summed E-state index contributed by atoms with van der Waals surface area (Å²) < 4.78 is 1.63. The van der Waals surface area contributed by atoms with Crippen molar-refractivity contribution < 1.29 is 9.59 Å². The van der Waals surface area contributed by atoms with E-state index in [4.69, 9.17) is 0 Å². The first kappa shape index (κ1) is 16.3. The monoisotopic (exact) mass is 349 g/mol. The van der Waals surface area contributed by atoms with Gasteiger partial charge in [0.25, 0.3) is 0 Å². The van der Waals surface area contributed by atoms with Gasteiger partial charge >= 0.3 is 0 Å². The molecule has 0 saturated carbocycles. The Morgan fingerprint density at radius 2 is 2.00 bits per heavy atom. The summed E-state index contributed by atoms with van der Waals surface area (Å²) in [5.41, 5.74) is 4.10. The van der Waals surface area contributed by atoms with Crippen molar-refractivity contribution >= 4 is 28.8 Å². The lowest BCUT2D eigenvalue weighted by atomic mass is 10.1. The summed E-state index contributed by atoms with van der Waals surface area (Å²) in [4.78, 5) is 30.9. The van der Waals surface area contributed by atoms with Gasteiger partial charge in [-0.2, -0.15) is 5.10 Å². The first-order valence-electron chi connectivity index (χ1n) is 8.49. The number of anilines is 2. The molecule has 1 fully saturated rings. The van der Waals surface area contributed by atoms with E-state index in [2.05, 4.69) is 15.4 Å². The second-order valence-electron chi connectivity index (χ2n) is 6.66. The summed E-state index contributed by atoms with van der Waals surface area (Å²) in [7, 11) is 0. The number of benzene rings is 1. The number of hydrogen-bond acceptors (Lipinski definition) is 4. The average Bonchev–Trinajstić information content (AvgIpc) is 3.17. The average molecular weight is 349 g/mol. The van der Waals surface area contributed by atoms with E-state index < -0.39 is 0 Å². The molecule has 1 aliphatic rings. The van der Waals surface area contributed by atoms with Gasteiger partial charge in [-0.15, -0.1) is 0 Å². The molecule has 3 heterocycles. The number of aryl methyl sites for hydroxylation is 2. The van der Waals surface area contributed by atoms with Crippen LogP contribution in [0.4, 0.5) is 11.4 Å². The number of amides is 2. The van der Waals surface area contributed by atoms with Crippen LogP contribution in [0.25, 0.3) is 5.65 Å². The van der Waals surface area contributed by atoms with E-state index >= 15 is 0 Å². The minimum atomic E-state index is -0.390. The van der Waals surface area contributed by atoms with Gasteiger partial charge in [0.1, 0.15) is 0 Å². The Balaban J connectivity index is 1.47. The Hall–Kier alpha value is -3.22. The lowest BCUT2D eigenvalue weighted by Gasteiger charge is -2.17. The summed E-state index contributed by atoms with van der Waals surface area (Å²) in [6.45, 7) is 4.26. The normalized spacial score (nSPS) is 17.1. The van der Waals surface area contributed by atoms with Crippen LogP contribution in [-0.2, 0) is 9.59 Å². The van der Waals surface area contributed by atoms with Crippen LogP contribution in [0.3, 0.4) is 0 Å². The molecule has 1 aromatic carbocycles. The van der Waals surface area contributed by atoms with E-state index in [1.807, 2.05) is 44.2 Å². The number of carbonyl (C=O) groups is 2. The summed E-state index contributed by atoms with van der Waals surface area (Å²) >= 11 is 0. The van der Waals surface area contributed by atoms with Gasteiger partial charge in [-0.25, -0.2) is 9.50 Å². The number of aromatic nitrogens is 3. The predicted molar refractivity (Wildman–Crippen MR) is 98.0 cm³/mol. The zero-order valence-electron chi connectivity index (χ0n) is 14.6. The van der Waals surface area contributed by atoms with E-state index in [1.165, 1.54) is 0 Å². The topological polar surface area (TPSA) is 79.6 Å². The van der Waals surface area contributed by atoms with Crippen LogP contribution in [0.1, 0.15) is 17.7 Å². The lowest BCUT2D eigenvalue weighted by Crippen LogP contribution is -2.28. The van der Waals surface area contributed by atoms with Gasteiger partial charge in [0.05, 0.1) is 29.7 Å². The smallest absolute Gasteiger partial charge is 0.229 e. The van der Waals surface area contributed by atoms with Gasteiger partial charge in [0.15, 0.2) is 5.65 Å².